The molecule has 2 aliphatic heterocycles. The van der Waals surface area contributed by atoms with E-state index in [2.05, 4.69) is 5.11 Å². The molecule has 2 heterocycles. The minimum Gasteiger partial charge on any atom is -0.594 e. The topological polar surface area (TPSA) is 75.4 Å². The van der Waals surface area contributed by atoms with Crippen LogP contribution in [-0.2, 0) is 30.5 Å². The fourth-order valence-corrected chi connectivity index (χ4v) is 3.25. The zero-order valence-electron chi connectivity index (χ0n) is 15.4. The van der Waals surface area contributed by atoms with Crippen LogP contribution in [0.2, 0.25) is 0 Å². The van der Waals surface area contributed by atoms with E-state index < -0.39 is 11.6 Å². The smallest absolute Gasteiger partial charge is 0.244 e. The van der Waals surface area contributed by atoms with Crippen molar-refractivity contribution in [2.24, 2.45) is 5.11 Å². The molecule has 0 unspecified atom stereocenters. The van der Waals surface area contributed by atoms with Crippen molar-refractivity contribution < 1.29 is 23.8 Å². The molecule has 0 bridgehead atoms. The Morgan fingerprint density at radius 1 is 0.741 bits per heavy atom. The van der Waals surface area contributed by atoms with Crippen molar-refractivity contribution in [3.8, 4) is 0 Å². The number of benzene rings is 2. The fourth-order valence-electron chi connectivity index (χ4n) is 3.25. The van der Waals surface area contributed by atoms with Gasteiger partial charge >= 0.3 is 0 Å². The van der Waals surface area contributed by atoms with Gasteiger partial charge in [-0.15, -0.1) is 0 Å². The Balaban J connectivity index is 1.50. The summed E-state index contributed by atoms with van der Waals surface area (Å²) in [7, 11) is 0. The fraction of sp³-hybridized carbons (Fsp3) is 0.400. The average Bonchev–Trinajstić information content (AvgIpc) is 3.33. The second-order valence-electron chi connectivity index (χ2n) is 6.75. The van der Waals surface area contributed by atoms with Gasteiger partial charge in [-0.1, -0.05) is 17.0 Å². The third-order valence-corrected chi connectivity index (χ3v) is 4.89. The molecule has 7 nitrogen and oxygen atoms in total. The van der Waals surface area contributed by atoms with Gasteiger partial charge < -0.3 is 24.2 Å². The highest BCUT2D eigenvalue weighted by Crippen LogP contribution is 2.33. The number of hydrogen-bond donors (Lipinski definition) is 0. The van der Waals surface area contributed by atoms with Crippen LogP contribution >= 0.6 is 0 Å². The molecular formula is C20H22N2O5. The van der Waals surface area contributed by atoms with Crippen molar-refractivity contribution in [1.82, 2.24) is 0 Å². The molecule has 7 heteroatoms. The highest BCUT2D eigenvalue weighted by atomic mass is 16.7. The van der Waals surface area contributed by atoms with Crippen LogP contribution in [-0.4, -0.2) is 31.3 Å². The molecule has 2 aliphatic rings. The highest BCUT2D eigenvalue weighted by Gasteiger charge is 2.34. The van der Waals surface area contributed by atoms with Crippen molar-refractivity contribution in [3.63, 3.8) is 0 Å². The van der Waals surface area contributed by atoms with Gasteiger partial charge in [-0.3, -0.25) is 0 Å². The van der Waals surface area contributed by atoms with E-state index in [1.54, 1.807) is 24.3 Å². The van der Waals surface area contributed by atoms with Crippen LogP contribution in [0, 0.1) is 5.21 Å². The standard InChI is InChI=1S/C20H22N2O5/c1-19(24-11-12-25-19)15-3-7-17(8-4-15)21-22(23)18-9-5-16(6-10-18)20(2)26-13-14-27-20/h3-10H,11-14H2,1-2H3. The molecule has 142 valence electrons. The molecule has 0 aliphatic carbocycles. The van der Waals surface area contributed by atoms with Gasteiger partial charge in [0.1, 0.15) is 5.69 Å². The van der Waals surface area contributed by atoms with E-state index in [0.29, 0.717) is 42.7 Å². The van der Waals surface area contributed by atoms with E-state index in [9.17, 15) is 5.21 Å². The zero-order chi connectivity index (χ0) is 18.9. The van der Waals surface area contributed by atoms with Gasteiger partial charge in [0.15, 0.2) is 11.6 Å². The van der Waals surface area contributed by atoms with Crippen LogP contribution in [0.3, 0.4) is 0 Å². The first kappa shape index (κ1) is 18.1. The molecule has 0 atom stereocenters. The average molecular weight is 370 g/mol. The van der Waals surface area contributed by atoms with Crippen LogP contribution in [0.25, 0.3) is 0 Å². The molecular weight excluding hydrogens is 348 g/mol. The molecule has 0 saturated carbocycles. The Kier molecular flexibility index (Phi) is 4.69. The molecule has 0 spiro atoms. The maximum atomic E-state index is 12.4. The lowest BCUT2D eigenvalue weighted by molar-refractivity contribution is -0.435. The van der Waals surface area contributed by atoms with Gasteiger partial charge in [0.05, 0.1) is 26.4 Å². The minimum absolute atomic E-state index is 0.429. The van der Waals surface area contributed by atoms with E-state index >= 15 is 0 Å². The SMILES string of the molecule is CC1(c2ccc(N=[N+]([O-])c3ccc(C4(C)OCCO4)cc3)cc2)OCCO1. The summed E-state index contributed by atoms with van der Waals surface area (Å²) < 4.78 is 22.5. The maximum Gasteiger partial charge on any atom is 0.244 e. The molecule has 0 radical (unpaired) electrons. The lowest BCUT2D eigenvalue weighted by atomic mass is 10.1. The van der Waals surface area contributed by atoms with Crippen LogP contribution in [0.5, 0.6) is 0 Å². The first-order chi connectivity index (χ1) is 13.0. The molecule has 27 heavy (non-hydrogen) atoms. The highest BCUT2D eigenvalue weighted by molar-refractivity contribution is 5.40. The van der Waals surface area contributed by atoms with Crippen LogP contribution in [0.15, 0.2) is 53.6 Å². The van der Waals surface area contributed by atoms with Crippen molar-refractivity contribution >= 4 is 11.4 Å². The van der Waals surface area contributed by atoms with Crippen LogP contribution < -0.4 is 0 Å². The van der Waals surface area contributed by atoms with Gasteiger partial charge in [0.2, 0.25) is 5.69 Å². The number of azo groups is 1. The Hall–Kier alpha value is -2.32. The second-order valence-corrected chi connectivity index (χ2v) is 6.75. The predicted molar refractivity (Wildman–Crippen MR) is 96.8 cm³/mol. The Morgan fingerprint density at radius 3 is 1.59 bits per heavy atom. The summed E-state index contributed by atoms with van der Waals surface area (Å²) in [6.45, 7) is 6.02. The first-order valence-corrected chi connectivity index (χ1v) is 8.94. The molecule has 2 saturated heterocycles. The largest absolute Gasteiger partial charge is 0.594 e. The van der Waals surface area contributed by atoms with Gasteiger partial charge in [-0.2, -0.15) is 0 Å². The summed E-state index contributed by atoms with van der Waals surface area (Å²) in [6, 6.07) is 14.3. The van der Waals surface area contributed by atoms with E-state index in [0.717, 1.165) is 11.1 Å². The molecule has 2 fully saturated rings. The van der Waals surface area contributed by atoms with E-state index in [1.807, 2.05) is 38.1 Å². The van der Waals surface area contributed by atoms with Crippen LogP contribution in [0.1, 0.15) is 25.0 Å². The molecule has 4 rings (SSSR count). The van der Waals surface area contributed by atoms with Gasteiger partial charge in [0, 0.05) is 28.4 Å². The van der Waals surface area contributed by atoms with Gasteiger partial charge in [-0.05, 0) is 38.1 Å². The number of nitrogens with zero attached hydrogens (tertiary/aromatic N) is 2. The number of rotatable bonds is 4. The summed E-state index contributed by atoms with van der Waals surface area (Å²) in [4.78, 5) is 0.599. The summed E-state index contributed by atoms with van der Waals surface area (Å²) >= 11 is 0. The second kappa shape index (κ2) is 7.01. The minimum atomic E-state index is -0.750. The molecule has 0 aromatic heterocycles. The molecule has 0 N–H and O–H groups in total. The number of ether oxygens (including phenoxy) is 4. The van der Waals surface area contributed by atoms with E-state index in [-0.39, 0.29) is 0 Å². The molecule has 2 aromatic rings. The van der Waals surface area contributed by atoms with E-state index in [1.165, 1.54) is 0 Å². The normalized spacial score (nSPS) is 21.5. The zero-order valence-corrected chi connectivity index (χ0v) is 15.4. The van der Waals surface area contributed by atoms with Crippen molar-refractivity contribution in [1.29, 1.82) is 0 Å². The van der Waals surface area contributed by atoms with E-state index in [4.69, 9.17) is 18.9 Å². The third kappa shape index (κ3) is 3.59. The maximum absolute atomic E-state index is 12.4. The Morgan fingerprint density at radius 2 is 1.15 bits per heavy atom. The van der Waals surface area contributed by atoms with Crippen molar-refractivity contribution in [2.75, 3.05) is 26.4 Å². The molecule has 2 aromatic carbocycles. The third-order valence-electron chi connectivity index (χ3n) is 4.89. The number of hydrogen-bond acceptors (Lipinski definition) is 6. The Bertz CT molecular complexity index is 820. The first-order valence-electron chi connectivity index (χ1n) is 8.94. The summed E-state index contributed by atoms with van der Waals surface area (Å²) in [5, 5.41) is 16.5. The van der Waals surface area contributed by atoms with Crippen LogP contribution in [0.4, 0.5) is 11.4 Å². The quantitative estimate of drug-likeness (QED) is 0.461. The Labute approximate surface area is 157 Å². The lowest BCUT2D eigenvalue weighted by Crippen LogP contribution is -2.22. The summed E-state index contributed by atoms with van der Waals surface area (Å²) in [5.74, 6) is -1.48. The van der Waals surface area contributed by atoms with Gasteiger partial charge in [0.25, 0.3) is 0 Å². The lowest BCUT2D eigenvalue weighted by Gasteiger charge is -2.22. The predicted octanol–water partition coefficient (Wildman–Crippen LogP) is 4.05. The summed E-state index contributed by atoms with van der Waals surface area (Å²) in [5.41, 5.74) is 2.74. The van der Waals surface area contributed by atoms with Crippen molar-refractivity contribution in [2.45, 2.75) is 25.4 Å². The summed E-state index contributed by atoms with van der Waals surface area (Å²) in [6.07, 6.45) is 0. The molecule has 0 amide bonds. The van der Waals surface area contributed by atoms with Gasteiger partial charge in [-0.25, -0.2) is 0 Å². The monoisotopic (exact) mass is 370 g/mol. The van der Waals surface area contributed by atoms with Crippen molar-refractivity contribution in [3.05, 3.63) is 64.9 Å².